The summed E-state index contributed by atoms with van der Waals surface area (Å²) < 4.78 is 11.3. The number of para-hydroxylation sites is 1. The van der Waals surface area contributed by atoms with Crippen molar-refractivity contribution in [3.05, 3.63) is 77.9 Å². The topological polar surface area (TPSA) is 58.8 Å². The Kier molecular flexibility index (Phi) is 4.33. The van der Waals surface area contributed by atoms with Crippen LogP contribution in [0.5, 0.6) is 0 Å². The summed E-state index contributed by atoms with van der Waals surface area (Å²) in [5, 5.41) is 0. The van der Waals surface area contributed by atoms with Crippen LogP contribution in [0, 0.1) is 0 Å². The third kappa shape index (κ3) is 3.05. The van der Waals surface area contributed by atoms with Crippen molar-refractivity contribution in [2.75, 3.05) is 36.0 Å². The van der Waals surface area contributed by atoms with Crippen LogP contribution in [0.3, 0.4) is 0 Å². The van der Waals surface area contributed by atoms with Gasteiger partial charge in [0.25, 0.3) is 5.91 Å². The first-order chi connectivity index (χ1) is 13.8. The molecular formula is C22H21N3O3. The van der Waals surface area contributed by atoms with E-state index >= 15 is 0 Å². The highest BCUT2D eigenvalue weighted by atomic mass is 16.5. The quantitative estimate of drug-likeness (QED) is 0.702. The molecule has 1 unspecified atom stereocenters. The number of aromatic nitrogens is 1. The molecule has 5 rings (SSSR count). The predicted molar refractivity (Wildman–Crippen MR) is 106 cm³/mol. The molecule has 142 valence electrons. The molecule has 28 heavy (non-hydrogen) atoms. The van der Waals surface area contributed by atoms with Gasteiger partial charge in [-0.25, -0.2) is 4.98 Å². The first-order valence-electron chi connectivity index (χ1n) is 9.55. The predicted octanol–water partition coefficient (Wildman–Crippen LogP) is 3.46. The summed E-state index contributed by atoms with van der Waals surface area (Å²) in [6, 6.07) is 15.6. The van der Waals surface area contributed by atoms with Crippen molar-refractivity contribution in [1.82, 2.24) is 4.98 Å². The van der Waals surface area contributed by atoms with Gasteiger partial charge in [0.1, 0.15) is 17.7 Å². The van der Waals surface area contributed by atoms with Crippen molar-refractivity contribution >= 4 is 17.4 Å². The smallest absolute Gasteiger partial charge is 0.259 e. The lowest BCUT2D eigenvalue weighted by molar-refractivity contribution is 0.0255. The molecule has 1 amide bonds. The Bertz CT molecular complexity index is 969. The molecule has 1 fully saturated rings. The number of ether oxygens (including phenoxy) is 1. The van der Waals surface area contributed by atoms with Gasteiger partial charge in [0.05, 0.1) is 25.0 Å². The monoisotopic (exact) mass is 375 g/mol. The lowest BCUT2D eigenvalue weighted by Gasteiger charge is -2.32. The molecule has 2 aromatic heterocycles. The van der Waals surface area contributed by atoms with Crippen LogP contribution in [0.2, 0.25) is 0 Å². The van der Waals surface area contributed by atoms with Crippen LogP contribution >= 0.6 is 0 Å². The van der Waals surface area contributed by atoms with Gasteiger partial charge in [0.2, 0.25) is 0 Å². The third-order valence-electron chi connectivity index (χ3n) is 5.38. The SMILES string of the molecule is O=C(c1ccc(N2CCOC(c3ccco3)C2)nc1)N1CCc2ccccc21. The van der Waals surface area contributed by atoms with Crippen molar-refractivity contribution < 1.29 is 13.9 Å². The van der Waals surface area contributed by atoms with Crippen molar-refractivity contribution in [2.45, 2.75) is 12.5 Å². The summed E-state index contributed by atoms with van der Waals surface area (Å²) >= 11 is 0. The second kappa shape index (κ2) is 7.13. The van der Waals surface area contributed by atoms with Gasteiger partial charge in [-0.2, -0.15) is 0 Å². The van der Waals surface area contributed by atoms with Gasteiger partial charge in [-0.05, 0) is 42.3 Å². The van der Waals surface area contributed by atoms with E-state index in [1.807, 2.05) is 47.4 Å². The van der Waals surface area contributed by atoms with Crippen LogP contribution in [0.1, 0.15) is 27.8 Å². The maximum Gasteiger partial charge on any atom is 0.259 e. The largest absolute Gasteiger partial charge is 0.467 e. The fourth-order valence-electron chi connectivity index (χ4n) is 3.91. The zero-order valence-electron chi connectivity index (χ0n) is 15.5. The number of carbonyl (C=O) groups excluding carboxylic acids is 1. The molecular weight excluding hydrogens is 354 g/mol. The van der Waals surface area contributed by atoms with Crippen LogP contribution < -0.4 is 9.80 Å². The third-order valence-corrected chi connectivity index (χ3v) is 5.38. The molecule has 0 N–H and O–H groups in total. The zero-order chi connectivity index (χ0) is 18.9. The average molecular weight is 375 g/mol. The average Bonchev–Trinajstić information content (AvgIpc) is 3.44. The lowest BCUT2D eigenvalue weighted by atomic mass is 10.2. The summed E-state index contributed by atoms with van der Waals surface area (Å²) in [6.07, 6.45) is 4.13. The number of furan rings is 1. The first kappa shape index (κ1) is 17.0. The molecule has 0 saturated carbocycles. The molecule has 2 aliphatic rings. The van der Waals surface area contributed by atoms with Gasteiger partial charge in [-0.15, -0.1) is 0 Å². The van der Waals surface area contributed by atoms with E-state index in [1.165, 1.54) is 5.56 Å². The molecule has 2 aliphatic heterocycles. The minimum Gasteiger partial charge on any atom is -0.467 e. The number of benzene rings is 1. The Morgan fingerprint density at radius 2 is 2.00 bits per heavy atom. The fourth-order valence-corrected chi connectivity index (χ4v) is 3.91. The van der Waals surface area contributed by atoms with Crippen molar-refractivity contribution in [2.24, 2.45) is 0 Å². The second-order valence-corrected chi connectivity index (χ2v) is 7.06. The molecule has 0 aliphatic carbocycles. The first-order valence-corrected chi connectivity index (χ1v) is 9.55. The van der Waals surface area contributed by atoms with E-state index in [4.69, 9.17) is 9.15 Å². The highest BCUT2D eigenvalue weighted by Crippen LogP contribution is 2.29. The van der Waals surface area contributed by atoms with Crippen LogP contribution in [0.15, 0.2) is 65.4 Å². The summed E-state index contributed by atoms with van der Waals surface area (Å²) in [6.45, 7) is 2.76. The molecule has 0 radical (unpaired) electrons. The van der Waals surface area contributed by atoms with Crippen LogP contribution in [-0.2, 0) is 11.2 Å². The maximum atomic E-state index is 12.9. The Morgan fingerprint density at radius 1 is 1.07 bits per heavy atom. The summed E-state index contributed by atoms with van der Waals surface area (Å²) in [7, 11) is 0. The number of carbonyl (C=O) groups is 1. The fraction of sp³-hybridized carbons (Fsp3) is 0.273. The van der Waals surface area contributed by atoms with Gasteiger partial charge >= 0.3 is 0 Å². The van der Waals surface area contributed by atoms with Crippen LogP contribution in [-0.4, -0.2) is 37.1 Å². The number of nitrogens with zero attached hydrogens (tertiary/aromatic N) is 3. The molecule has 1 saturated heterocycles. The number of anilines is 2. The van der Waals surface area contributed by atoms with Gasteiger partial charge < -0.3 is 19.0 Å². The van der Waals surface area contributed by atoms with E-state index in [-0.39, 0.29) is 12.0 Å². The second-order valence-electron chi connectivity index (χ2n) is 7.06. The van der Waals surface area contributed by atoms with E-state index in [0.717, 1.165) is 30.2 Å². The van der Waals surface area contributed by atoms with E-state index < -0.39 is 0 Å². The number of amides is 1. The van der Waals surface area contributed by atoms with E-state index in [9.17, 15) is 4.79 Å². The summed E-state index contributed by atoms with van der Waals surface area (Å²) in [4.78, 5) is 21.5. The minimum atomic E-state index is -0.104. The number of rotatable bonds is 3. The van der Waals surface area contributed by atoms with Crippen molar-refractivity contribution in [3.8, 4) is 0 Å². The maximum absolute atomic E-state index is 12.9. The van der Waals surface area contributed by atoms with Gasteiger partial charge in [-0.3, -0.25) is 4.79 Å². The number of hydrogen-bond donors (Lipinski definition) is 0. The number of fused-ring (bicyclic) bond motifs is 1. The van der Waals surface area contributed by atoms with Crippen molar-refractivity contribution in [3.63, 3.8) is 0 Å². The molecule has 6 heteroatoms. The van der Waals surface area contributed by atoms with E-state index in [2.05, 4.69) is 16.0 Å². The summed E-state index contributed by atoms with van der Waals surface area (Å²) in [5.41, 5.74) is 2.83. The van der Waals surface area contributed by atoms with Gasteiger partial charge in [-0.1, -0.05) is 18.2 Å². The molecule has 4 heterocycles. The van der Waals surface area contributed by atoms with Crippen LogP contribution in [0.25, 0.3) is 0 Å². The van der Waals surface area contributed by atoms with Crippen molar-refractivity contribution in [1.29, 1.82) is 0 Å². The summed E-state index contributed by atoms with van der Waals surface area (Å²) in [5.74, 6) is 1.67. The minimum absolute atomic E-state index is 0.000519. The highest BCUT2D eigenvalue weighted by molar-refractivity contribution is 6.07. The molecule has 1 atom stereocenters. The molecule has 6 nitrogen and oxygen atoms in total. The Balaban J connectivity index is 1.31. The molecule has 3 aromatic rings. The van der Waals surface area contributed by atoms with Gasteiger partial charge in [0.15, 0.2) is 0 Å². The molecule has 0 bridgehead atoms. The van der Waals surface area contributed by atoms with E-state index in [1.54, 1.807) is 12.5 Å². The highest BCUT2D eigenvalue weighted by Gasteiger charge is 2.27. The number of hydrogen-bond acceptors (Lipinski definition) is 5. The number of pyridine rings is 1. The standard InChI is InChI=1S/C22H21N3O3/c26-22(25-10-9-16-4-1-2-5-18(16)25)17-7-8-21(23-14-17)24-11-13-28-20(15-24)19-6-3-12-27-19/h1-8,12,14,20H,9-11,13,15H2. The Morgan fingerprint density at radius 3 is 2.82 bits per heavy atom. The van der Waals surface area contributed by atoms with Gasteiger partial charge in [0, 0.05) is 25.0 Å². The zero-order valence-corrected chi connectivity index (χ0v) is 15.5. The van der Waals surface area contributed by atoms with Crippen LogP contribution in [0.4, 0.5) is 11.5 Å². The van der Waals surface area contributed by atoms with E-state index in [0.29, 0.717) is 25.3 Å². The Hall–Kier alpha value is -3.12. The number of morpholine rings is 1. The molecule has 1 aromatic carbocycles. The normalized spacial score (nSPS) is 18.9. The lowest BCUT2D eigenvalue weighted by Crippen LogP contribution is -2.38. The Labute approximate surface area is 163 Å². The molecule has 0 spiro atoms.